The lowest BCUT2D eigenvalue weighted by molar-refractivity contribution is -0.145. The summed E-state index contributed by atoms with van der Waals surface area (Å²) in [5.41, 5.74) is 1.01. The molecule has 1 aromatic heterocycles. The quantitative estimate of drug-likeness (QED) is 0.503. The van der Waals surface area contributed by atoms with E-state index in [2.05, 4.69) is 0 Å². The average Bonchev–Trinajstić information content (AvgIpc) is 3.47. The molecule has 7 nitrogen and oxygen atoms in total. The minimum Gasteiger partial charge on any atom is -0.467 e. The van der Waals surface area contributed by atoms with E-state index in [1.54, 1.807) is 16.1 Å². The first-order chi connectivity index (χ1) is 15.5. The van der Waals surface area contributed by atoms with Crippen LogP contribution in [0.2, 0.25) is 0 Å². The van der Waals surface area contributed by atoms with E-state index in [9.17, 15) is 9.59 Å². The van der Waals surface area contributed by atoms with Crippen LogP contribution in [0.4, 0.5) is 0 Å². The first-order valence-corrected chi connectivity index (χ1v) is 11.3. The summed E-state index contributed by atoms with van der Waals surface area (Å²) >= 11 is 0. The van der Waals surface area contributed by atoms with Gasteiger partial charge in [-0.3, -0.25) is 9.59 Å². The zero-order valence-electron chi connectivity index (χ0n) is 19.1. The summed E-state index contributed by atoms with van der Waals surface area (Å²) in [6, 6.07) is 13.4. The number of hydrogen-bond donors (Lipinski definition) is 0. The van der Waals surface area contributed by atoms with Gasteiger partial charge in [0.1, 0.15) is 12.4 Å². The van der Waals surface area contributed by atoms with E-state index in [0.29, 0.717) is 32.0 Å². The molecule has 1 atom stereocenters. The van der Waals surface area contributed by atoms with Gasteiger partial charge in [0.15, 0.2) is 0 Å². The standard InChI is InChI=1S/C25H34N2O5/c1-20(2)14-26(25(29)19-30-18-21-8-4-3-5-9-21)17-24(28)27(15-22-10-6-12-31-22)16-23-11-7-13-32-23/h3-6,8-10,12,20,23H,7,11,13-19H2,1-2H3. The van der Waals surface area contributed by atoms with Crippen molar-refractivity contribution in [2.24, 2.45) is 5.92 Å². The normalized spacial score (nSPS) is 15.8. The average molecular weight is 443 g/mol. The van der Waals surface area contributed by atoms with Crippen LogP contribution in [0.3, 0.4) is 0 Å². The Balaban J connectivity index is 1.59. The SMILES string of the molecule is CC(C)CN(CC(=O)N(Cc1ccco1)CC1CCCO1)C(=O)COCc1ccccc1. The number of carbonyl (C=O) groups excluding carboxylic acids is 2. The van der Waals surface area contributed by atoms with Crippen molar-refractivity contribution in [3.05, 3.63) is 60.1 Å². The van der Waals surface area contributed by atoms with E-state index in [4.69, 9.17) is 13.9 Å². The highest BCUT2D eigenvalue weighted by molar-refractivity contribution is 5.85. The number of furan rings is 1. The molecule has 32 heavy (non-hydrogen) atoms. The molecule has 1 aromatic carbocycles. The first kappa shape index (κ1) is 24.0. The zero-order valence-corrected chi connectivity index (χ0v) is 19.1. The Morgan fingerprint density at radius 3 is 2.56 bits per heavy atom. The van der Waals surface area contributed by atoms with Crippen LogP contribution >= 0.6 is 0 Å². The highest BCUT2D eigenvalue weighted by Gasteiger charge is 2.26. The van der Waals surface area contributed by atoms with Gasteiger partial charge in [-0.25, -0.2) is 0 Å². The van der Waals surface area contributed by atoms with E-state index in [-0.39, 0.29) is 37.0 Å². The minimum absolute atomic E-state index is 0.0130. The molecule has 0 aliphatic carbocycles. The Labute approximate surface area is 190 Å². The van der Waals surface area contributed by atoms with Gasteiger partial charge in [-0.05, 0) is 36.5 Å². The number of amides is 2. The third-order valence-corrected chi connectivity index (χ3v) is 5.33. The van der Waals surface area contributed by atoms with Crippen LogP contribution in [-0.4, -0.2) is 60.6 Å². The predicted molar refractivity (Wildman–Crippen MR) is 121 cm³/mol. The van der Waals surface area contributed by atoms with Crippen molar-refractivity contribution in [3.8, 4) is 0 Å². The topological polar surface area (TPSA) is 72.2 Å². The molecule has 1 fully saturated rings. The van der Waals surface area contributed by atoms with Gasteiger partial charge in [-0.1, -0.05) is 44.2 Å². The molecule has 1 aliphatic rings. The van der Waals surface area contributed by atoms with Crippen LogP contribution in [0.15, 0.2) is 53.1 Å². The van der Waals surface area contributed by atoms with Crippen molar-refractivity contribution in [1.29, 1.82) is 0 Å². The number of benzene rings is 1. The molecule has 0 radical (unpaired) electrons. The second-order valence-corrected chi connectivity index (χ2v) is 8.64. The van der Waals surface area contributed by atoms with E-state index in [1.165, 1.54) is 0 Å². The van der Waals surface area contributed by atoms with Gasteiger partial charge in [0.25, 0.3) is 0 Å². The van der Waals surface area contributed by atoms with Gasteiger partial charge in [0, 0.05) is 19.7 Å². The van der Waals surface area contributed by atoms with Crippen molar-refractivity contribution in [2.45, 2.75) is 45.9 Å². The molecular formula is C25H34N2O5. The molecule has 0 bridgehead atoms. The minimum atomic E-state index is -0.182. The molecule has 1 unspecified atom stereocenters. The fourth-order valence-electron chi connectivity index (χ4n) is 3.76. The third kappa shape index (κ3) is 7.80. The van der Waals surface area contributed by atoms with Gasteiger partial charge < -0.3 is 23.7 Å². The number of rotatable bonds is 12. The summed E-state index contributed by atoms with van der Waals surface area (Å²) in [4.78, 5) is 29.5. The molecule has 3 rings (SSSR count). The molecule has 1 aliphatic heterocycles. The van der Waals surface area contributed by atoms with Gasteiger partial charge in [0.05, 0.1) is 32.1 Å². The van der Waals surface area contributed by atoms with Gasteiger partial charge in [-0.15, -0.1) is 0 Å². The van der Waals surface area contributed by atoms with E-state index >= 15 is 0 Å². The molecule has 0 saturated carbocycles. The Hall–Kier alpha value is -2.64. The van der Waals surface area contributed by atoms with Crippen LogP contribution in [0.5, 0.6) is 0 Å². The van der Waals surface area contributed by atoms with Crippen molar-refractivity contribution in [1.82, 2.24) is 9.80 Å². The monoisotopic (exact) mass is 442 g/mol. The maximum atomic E-state index is 13.2. The zero-order chi connectivity index (χ0) is 22.8. The molecule has 2 heterocycles. The number of carbonyl (C=O) groups is 2. The molecule has 2 amide bonds. The molecule has 0 spiro atoms. The molecule has 1 saturated heterocycles. The second kappa shape index (κ2) is 12.4. The number of nitrogens with zero attached hydrogens (tertiary/aromatic N) is 2. The summed E-state index contributed by atoms with van der Waals surface area (Å²) in [5, 5.41) is 0. The summed E-state index contributed by atoms with van der Waals surface area (Å²) in [6.45, 7) is 6.45. The van der Waals surface area contributed by atoms with Crippen molar-refractivity contribution < 1.29 is 23.5 Å². The van der Waals surface area contributed by atoms with Crippen LogP contribution in [-0.2, 0) is 32.2 Å². The summed E-state index contributed by atoms with van der Waals surface area (Å²) < 4.78 is 16.8. The Bertz CT molecular complexity index is 816. The lowest BCUT2D eigenvalue weighted by Gasteiger charge is -2.29. The van der Waals surface area contributed by atoms with Crippen molar-refractivity contribution >= 4 is 11.8 Å². The molecule has 174 valence electrons. The molecule has 2 aromatic rings. The van der Waals surface area contributed by atoms with E-state index < -0.39 is 0 Å². The smallest absolute Gasteiger partial charge is 0.249 e. The van der Waals surface area contributed by atoms with Gasteiger partial charge in [-0.2, -0.15) is 0 Å². The van der Waals surface area contributed by atoms with Crippen LogP contribution in [0.1, 0.15) is 38.0 Å². The largest absolute Gasteiger partial charge is 0.467 e. The maximum absolute atomic E-state index is 13.2. The molecular weight excluding hydrogens is 408 g/mol. The highest BCUT2D eigenvalue weighted by atomic mass is 16.5. The lowest BCUT2D eigenvalue weighted by atomic mass is 10.2. The molecule has 0 N–H and O–H groups in total. The maximum Gasteiger partial charge on any atom is 0.249 e. The van der Waals surface area contributed by atoms with Gasteiger partial charge in [0.2, 0.25) is 11.8 Å². The summed E-state index contributed by atoms with van der Waals surface area (Å²) in [6.07, 6.45) is 3.56. The summed E-state index contributed by atoms with van der Waals surface area (Å²) in [7, 11) is 0. The fourth-order valence-corrected chi connectivity index (χ4v) is 3.76. The van der Waals surface area contributed by atoms with Crippen molar-refractivity contribution in [2.75, 3.05) is 32.8 Å². The van der Waals surface area contributed by atoms with E-state index in [0.717, 1.165) is 25.0 Å². The fraction of sp³-hybridized carbons (Fsp3) is 0.520. The van der Waals surface area contributed by atoms with Crippen LogP contribution in [0.25, 0.3) is 0 Å². The Morgan fingerprint density at radius 1 is 1.09 bits per heavy atom. The summed E-state index contributed by atoms with van der Waals surface area (Å²) in [5.74, 6) is 0.647. The van der Waals surface area contributed by atoms with Crippen molar-refractivity contribution in [3.63, 3.8) is 0 Å². The van der Waals surface area contributed by atoms with Crippen LogP contribution < -0.4 is 0 Å². The Kier molecular flexibility index (Phi) is 9.31. The first-order valence-electron chi connectivity index (χ1n) is 11.3. The van der Waals surface area contributed by atoms with E-state index in [1.807, 2.05) is 56.3 Å². The second-order valence-electron chi connectivity index (χ2n) is 8.64. The molecule has 7 heteroatoms. The lowest BCUT2D eigenvalue weighted by Crippen LogP contribution is -2.46. The third-order valence-electron chi connectivity index (χ3n) is 5.33. The Morgan fingerprint density at radius 2 is 1.91 bits per heavy atom. The van der Waals surface area contributed by atoms with Crippen LogP contribution in [0, 0.1) is 5.92 Å². The number of hydrogen-bond acceptors (Lipinski definition) is 5. The highest BCUT2D eigenvalue weighted by Crippen LogP contribution is 2.16. The van der Waals surface area contributed by atoms with Gasteiger partial charge >= 0.3 is 0 Å². The number of ether oxygens (including phenoxy) is 2. The predicted octanol–water partition coefficient (Wildman–Crippen LogP) is 3.49.